The highest BCUT2D eigenvalue weighted by Gasteiger charge is 2.34. The fourth-order valence-electron chi connectivity index (χ4n) is 3.69. The van der Waals surface area contributed by atoms with Gasteiger partial charge in [0.15, 0.2) is 0 Å². The van der Waals surface area contributed by atoms with E-state index in [4.69, 9.17) is 0 Å². The molecule has 2 aliphatic rings. The van der Waals surface area contributed by atoms with E-state index in [1.807, 2.05) is 11.8 Å². The van der Waals surface area contributed by atoms with Gasteiger partial charge >= 0.3 is 6.18 Å². The van der Waals surface area contributed by atoms with Crippen LogP contribution >= 0.6 is 0 Å². The lowest BCUT2D eigenvalue weighted by Crippen LogP contribution is -2.42. The topological polar surface area (TPSA) is 43.9 Å². The summed E-state index contributed by atoms with van der Waals surface area (Å²) in [5.41, 5.74) is 0.0233. The molecular weight excluding hydrogens is 383 g/mol. The lowest BCUT2D eigenvalue weighted by atomic mass is 10.1. The lowest BCUT2D eigenvalue weighted by Gasteiger charge is -2.27. The molecule has 0 bridgehead atoms. The van der Waals surface area contributed by atoms with Gasteiger partial charge in [0, 0.05) is 45.2 Å². The molecule has 2 fully saturated rings. The van der Waals surface area contributed by atoms with E-state index >= 15 is 0 Å². The van der Waals surface area contributed by atoms with Gasteiger partial charge in [-0.25, -0.2) is 0 Å². The van der Waals surface area contributed by atoms with Crippen LogP contribution in [0.2, 0.25) is 0 Å². The molecule has 0 unspecified atom stereocenters. The van der Waals surface area contributed by atoms with Gasteiger partial charge in [0.05, 0.1) is 12.1 Å². The molecule has 1 aliphatic carbocycles. The molecule has 1 saturated carbocycles. The highest BCUT2D eigenvalue weighted by Crippen LogP contribution is 2.31. The van der Waals surface area contributed by atoms with Crippen molar-refractivity contribution in [3.63, 3.8) is 0 Å². The summed E-state index contributed by atoms with van der Waals surface area (Å²) in [4.78, 5) is 30.6. The van der Waals surface area contributed by atoms with Gasteiger partial charge in [-0.05, 0) is 37.0 Å². The van der Waals surface area contributed by atoms with Crippen LogP contribution in [0.3, 0.4) is 0 Å². The van der Waals surface area contributed by atoms with E-state index in [0.29, 0.717) is 31.6 Å². The Morgan fingerprint density at radius 2 is 1.76 bits per heavy atom. The third-order valence-corrected chi connectivity index (χ3v) is 5.54. The zero-order valence-electron chi connectivity index (χ0n) is 16.7. The summed E-state index contributed by atoms with van der Waals surface area (Å²) in [6.07, 6.45) is -1.16. The Balaban J connectivity index is 1.58. The summed E-state index contributed by atoms with van der Waals surface area (Å²) in [5, 5.41) is 0. The number of hydrogen-bond donors (Lipinski definition) is 0. The zero-order valence-corrected chi connectivity index (χ0v) is 16.7. The van der Waals surface area contributed by atoms with Crippen LogP contribution in [0.4, 0.5) is 13.2 Å². The second-order valence-corrected chi connectivity index (χ2v) is 7.81. The van der Waals surface area contributed by atoms with E-state index in [1.54, 1.807) is 4.90 Å². The molecule has 0 N–H and O–H groups in total. The van der Waals surface area contributed by atoms with Crippen LogP contribution in [-0.2, 0) is 22.3 Å². The molecule has 2 amide bonds. The minimum Gasteiger partial charge on any atom is -0.341 e. The first kappa shape index (κ1) is 21.6. The molecule has 1 saturated heterocycles. The Morgan fingerprint density at radius 3 is 2.34 bits per heavy atom. The van der Waals surface area contributed by atoms with Gasteiger partial charge in [-0.15, -0.1) is 0 Å². The molecular formula is C21H28F3N3O2. The average Bonchev–Trinajstić information content (AvgIpc) is 3.53. The third-order valence-electron chi connectivity index (χ3n) is 5.54. The van der Waals surface area contributed by atoms with Gasteiger partial charge in [0.1, 0.15) is 0 Å². The van der Waals surface area contributed by atoms with Crippen LogP contribution in [0.1, 0.15) is 43.7 Å². The fraction of sp³-hybridized carbons (Fsp3) is 0.619. The summed E-state index contributed by atoms with van der Waals surface area (Å²) < 4.78 is 38.2. The normalized spacial score (nSPS) is 18.4. The van der Waals surface area contributed by atoms with Crippen molar-refractivity contribution in [3.8, 4) is 0 Å². The van der Waals surface area contributed by atoms with Gasteiger partial charge in [0.25, 0.3) is 0 Å². The van der Waals surface area contributed by atoms with Crippen molar-refractivity contribution < 1.29 is 22.8 Å². The molecule has 0 aromatic heterocycles. The number of alkyl halides is 3. The van der Waals surface area contributed by atoms with E-state index < -0.39 is 11.7 Å². The van der Waals surface area contributed by atoms with Crippen molar-refractivity contribution in [2.75, 3.05) is 32.7 Å². The summed E-state index contributed by atoms with van der Waals surface area (Å²) in [5.74, 6) is 0.141. The second kappa shape index (κ2) is 9.15. The van der Waals surface area contributed by atoms with Gasteiger partial charge in [-0.1, -0.05) is 19.1 Å². The van der Waals surface area contributed by atoms with Crippen LogP contribution in [0, 0.1) is 0 Å². The molecule has 1 heterocycles. The molecule has 3 rings (SSSR count). The van der Waals surface area contributed by atoms with E-state index in [9.17, 15) is 22.8 Å². The first-order chi connectivity index (χ1) is 13.8. The fourth-order valence-corrected chi connectivity index (χ4v) is 3.69. The van der Waals surface area contributed by atoms with Crippen molar-refractivity contribution in [1.29, 1.82) is 0 Å². The standard InChI is InChI=1S/C21H28F3N3O2/c1-2-19(28)26-11-3-10-25(12-13-26)15-20(29)27(18-8-9-18)14-16-4-6-17(7-5-16)21(22,23)24/h4-7,18H,2-3,8-15H2,1H3. The van der Waals surface area contributed by atoms with Crippen LogP contribution < -0.4 is 0 Å². The third kappa shape index (κ3) is 5.95. The number of hydrogen-bond acceptors (Lipinski definition) is 3. The molecule has 29 heavy (non-hydrogen) atoms. The van der Waals surface area contributed by atoms with E-state index in [-0.39, 0.29) is 24.4 Å². The second-order valence-electron chi connectivity index (χ2n) is 7.81. The molecule has 0 spiro atoms. The lowest BCUT2D eigenvalue weighted by molar-refractivity contribution is -0.138. The Labute approximate surface area is 169 Å². The summed E-state index contributed by atoms with van der Waals surface area (Å²) in [6.45, 7) is 5.23. The molecule has 5 nitrogen and oxygen atoms in total. The van der Waals surface area contributed by atoms with Crippen LogP contribution in [0.5, 0.6) is 0 Å². The summed E-state index contributed by atoms with van der Waals surface area (Å²) >= 11 is 0. The van der Waals surface area contributed by atoms with Crippen molar-refractivity contribution in [2.24, 2.45) is 0 Å². The minimum absolute atomic E-state index is 0.00247. The zero-order chi connectivity index (χ0) is 21.0. The molecule has 0 radical (unpaired) electrons. The average molecular weight is 411 g/mol. The van der Waals surface area contributed by atoms with Crippen LogP contribution in [-0.4, -0.2) is 65.3 Å². The maximum atomic E-state index is 12.9. The van der Waals surface area contributed by atoms with E-state index in [1.165, 1.54) is 12.1 Å². The smallest absolute Gasteiger partial charge is 0.341 e. The summed E-state index contributed by atoms with van der Waals surface area (Å²) in [7, 11) is 0. The Bertz CT molecular complexity index is 717. The maximum absolute atomic E-state index is 12.9. The van der Waals surface area contributed by atoms with Gasteiger partial charge in [-0.2, -0.15) is 13.2 Å². The number of nitrogens with zero attached hydrogens (tertiary/aromatic N) is 3. The molecule has 1 aromatic rings. The van der Waals surface area contributed by atoms with Crippen molar-refractivity contribution in [3.05, 3.63) is 35.4 Å². The van der Waals surface area contributed by atoms with Crippen LogP contribution in [0.25, 0.3) is 0 Å². The van der Waals surface area contributed by atoms with Gasteiger partial charge in [-0.3, -0.25) is 14.5 Å². The number of rotatable bonds is 6. The number of halogens is 3. The van der Waals surface area contributed by atoms with Crippen molar-refractivity contribution in [2.45, 2.75) is 51.4 Å². The Hall–Kier alpha value is -2.09. The number of amides is 2. The van der Waals surface area contributed by atoms with Crippen molar-refractivity contribution in [1.82, 2.24) is 14.7 Å². The molecule has 8 heteroatoms. The Morgan fingerprint density at radius 1 is 1.07 bits per heavy atom. The van der Waals surface area contributed by atoms with Gasteiger partial charge < -0.3 is 9.80 Å². The largest absolute Gasteiger partial charge is 0.416 e. The monoisotopic (exact) mass is 411 g/mol. The van der Waals surface area contributed by atoms with Crippen molar-refractivity contribution >= 4 is 11.8 Å². The number of benzene rings is 1. The predicted octanol–water partition coefficient (Wildman–Crippen LogP) is 3.14. The first-order valence-corrected chi connectivity index (χ1v) is 10.2. The number of carbonyl (C=O) groups excluding carboxylic acids is 2. The quantitative estimate of drug-likeness (QED) is 0.723. The first-order valence-electron chi connectivity index (χ1n) is 10.2. The summed E-state index contributed by atoms with van der Waals surface area (Å²) in [6, 6.07) is 5.21. The SMILES string of the molecule is CCC(=O)N1CCCN(CC(=O)N(Cc2ccc(C(F)(F)F)cc2)C2CC2)CC1. The molecule has 0 atom stereocenters. The number of carbonyl (C=O) groups is 2. The van der Waals surface area contributed by atoms with Gasteiger partial charge in [0.2, 0.25) is 11.8 Å². The van der Waals surface area contributed by atoms with Crippen LogP contribution in [0.15, 0.2) is 24.3 Å². The Kier molecular flexibility index (Phi) is 6.82. The molecule has 1 aliphatic heterocycles. The predicted molar refractivity (Wildman–Crippen MR) is 103 cm³/mol. The maximum Gasteiger partial charge on any atom is 0.416 e. The van der Waals surface area contributed by atoms with E-state index in [0.717, 1.165) is 44.5 Å². The highest BCUT2D eigenvalue weighted by atomic mass is 19.4. The molecule has 1 aromatic carbocycles. The molecule has 160 valence electrons. The highest BCUT2D eigenvalue weighted by molar-refractivity contribution is 5.79. The van der Waals surface area contributed by atoms with E-state index in [2.05, 4.69) is 4.90 Å². The minimum atomic E-state index is -4.36.